The van der Waals surface area contributed by atoms with Crippen molar-refractivity contribution in [2.75, 3.05) is 0 Å². The van der Waals surface area contributed by atoms with Crippen LogP contribution in [0.5, 0.6) is 0 Å². The maximum absolute atomic E-state index is 9.26. The van der Waals surface area contributed by atoms with Crippen LogP contribution in [-0.2, 0) is 0 Å². The Morgan fingerprint density at radius 1 is 0.310 bits per heavy atom. The molecule has 0 atom stereocenters. The Bertz CT molecular complexity index is 3700. The van der Waals surface area contributed by atoms with E-state index >= 15 is 0 Å². The smallest absolute Gasteiger partial charge is 0.423 e. The van der Waals surface area contributed by atoms with Gasteiger partial charge in [0.05, 0.1) is 23.3 Å². The molecule has 2 N–H and O–H groups in total. The van der Waals surface area contributed by atoms with Gasteiger partial charge in [0.1, 0.15) is 0 Å². The van der Waals surface area contributed by atoms with E-state index in [-0.39, 0.29) is 0 Å². The third-order valence-electron chi connectivity index (χ3n) is 12.3. The topological polar surface area (TPSA) is 127 Å². The van der Waals surface area contributed by atoms with Crippen molar-refractivity contribution in [1.82, 2.24) is 15.0 Å². The number of hydrogen-bond acceptors (Lipinski definition) is 7. The molecule has 0 aliphatic rings. The molecule has 8 heteroatoms. The zero-order valence-electron chi connectivity index (χ0n) is 38.3. The Labute approximate surface area is 412 Å². The first-order valence-electron chi connectivity index (χ1n) is 23.1. The predicted octanol–water partition coefficient (Wildman–Crippen LogP) is 13.5. The van der Waals surface area contributed by atoms with Crippen LogP contribution in [0, 0.1) is 22.7 Å². The minimum atomic E-state index is -1.44. The van der Waals surface area contributed by atoms with E-state index in [1.807, 2.05) is 84.9 Å². The van der Waals surface area contributed by atoms with E-state index in [9.17, 15) is 5.26 Å². The standard InChI is InChI=1S/C50H32N4.C13H10BNO2/c51-33-34-18-20-36(21-19-34)38-22-24-39(25-23-38)43-30-44(47-17-9-15-40-12-7-8-16-46(40)47)32-45(31-43)50-53-48(41-13-5-2-6-14-41)52-49(54-50)42-28-26-37(27-29-42)35-10-3-1-4-11-35;15-9-10-1-3-11(4-2-10)12-5-7-13(8-6-12)14(16)17/h1-32H;1-8,16-17H. The van der Waals surface area contributed by atoms with Crippen molar-refractivity contribution >= 4 is 23.4 Å². The van der Waals surface area contributed by atoms with Crippen LogP contribution in [0.15, 0.2) is 243 Å². The van der Waals surface area contributed by atoms with Crippen LogP contribution in [0.25, 0.3) is 101 Å². The molecule has 0 fully saturated rings. The van der Waals surface area contributed by atoms with E-state index < -0.39 is 7.12 Å². The molecule has 0 amide bonds. The second-order valence-electron chi connectivity index (χ2n) is 16.9. The van der Waals surface area contributed by atoms with Crippen molar-refractivity contribution in [3.63, 3.8) is 0 Å². The van der Waals surface area contributed by atoms with Gasteiger partial charge in [-0.25, -0.2) is 15.0 Å². The SMILES string of the molecule is N#Cc1ccc(-c2ccc(-c3cc(-c4nc(-c5ccccc5)nc(-c5ccc(-c6ccccc6)cc5)n4)cc(-c4cccc5ccccc45)c3)cc2)cc1.N#Cc1ccc(-c2ccc(B(O)O)cc2)cc1. The van der Waals surface area contributed by atoms with Gasteiger partial charge >= 0.3 is 7.12 Å². The Balaban J connectivity index is 0.000000289. The lowest BCUT2D eigenvalue weighted by Gasteiger charge is -2.14. The zero-order chi connectivity index (χ0) is 48.5. The highest BCUT2D eigenvalue weighted by molar-refractivity contribution is 6.58. The van der Waals surface area contributed by atoms with Crippen molar-refractivity contribution in [2.24, 2.45) is 0 Å². The highest BCUT2D eigenvalue weighted by atomic mass is 16.4. The molecule has 1 heterocycles. The van der Waals surface area contributed by atoms with Crippen LogP contribution >= 0.6 is 0 Å². The van der Waals surface area contributed by atoms with Crippen molar-refractivity contribution in [3.05, 3.63) is 254 Å². The molecule has 11 rings (SSSR count). The number of nitriles is 2. The molecule has 1 aromatic heterocycles. The minimum absolute atomic E-state index is 0.461. The molecule has 10 aromatic carbocycles. The first-order chi connectivity index (χ1) is 34.9. The first kappa shape index (κ1) is 45.2. The van der Waals surface area contributed by atoms with E-state index in [1.54, 1.807) is 24.3 Å². The number of hydrogen-bond donors (Lipinski definition) is 2. The zero-order valence-corrected chi connectivity index (χ0v) is 38.3. The predicted molar refractivity (Wildman–Crippen MR) is 287 cm³/mol. The number of aromatic nitrogens is 3. The summed E-state index contributed by atoms with van der Waals surface area (Å²) >= 11 is 0. The number of rotatable bonds is 9. The van der Waals surface area contributed by atoms with Crippen molar-refractivity contribution in [1.29, 1.82) is 10.5 Å². The van der Waals surface area contributed by atoms with Gasteiger partial charge in [-0.15, -0.1) is 0 Å². The van der Waals surface area contributed by atoms with Crippen LogP contribution in [0.2, 0.25) is 0 Å². The Hall–Kier alpha value is -9.57. The lowest BCUT2D eigenvalue weighted by molar-refractivity contribution is 0.426. The van der Waals surface area contributed by atoms with Crippen molar-refractivity contribution < 1.29 is 10.0 Å². The number of benzene rings is 10. The summed E-state index contributed by atoms with van der Waals surface area (Å²) in [7, 11) is -1.44. The Morgan fingerprint density at radius 2 is 0.662 bits per heavy atom. The van der Waals surface area contributed by atoms with Crippen LogP contribution in [-0.4, -0.2) is 32.1 Å². The molecule has 0 aliphatic carbocycles. The average molecular weight is 912 g/mol. The largest absolute Gasteiger partial charge is 0.488 e. The van der Waals surface area contributed by atoms with Gasteiger partial charge < -0.3 is 10.0 Å². The van der Waals surface area contributed by atoms with Gasteiger partial charge in [0.15, 0.2) is 17.5 Å². The summed E-state index contributed by atoms with van der Waals surface area (Å²) in [5, 5.41) is 38.3. The van der Waals surface area contributed by atoms with Crippen LogP contribution in [0.4, 0.5) is 0 Å². The summed E-state index contributed by atoms with van der Waals surface area (Å²) in [5.41, 5.74) is 15.2. The third-order valence-corrected chi connectivity index (χ3v) is 12.3. The van der Waals surface area contributed by atoms with Crippen molar-refractivity contribution in [3.8, 4) is 102 Å². The first-order valence-corrected chi connectivity index (χ1v) is 23.1. The summed E-state index contributed by atoms with van der Waals surface area (Å²) in [6, 6.07) is 85.2. The van der Waals surface area contributed by atoms with Crippen LogP contribution < -0.4 is 5.46 Å². The lowest BCUT2D eigenvalue weighted by Crippen LogP contribution is -2.29. The van der Waals surface area contributed by atoms with Gasteiger partial charge in [0, 0.05) is 16.7 Å². The average Bonchev–Trinajstić information content (AvgIpc) is 3.45. The molecule has 71 heavy (non-hydrogen) atoms. The van der Waals surface area contributed by atoms with Crippen LogP contribution in [0.1, 0.15) is 11.1 Å². The van der Waals surface area contributed by atoms with E-state index in [0.29, 0.717) is 34.1 Å². The fraction of sp³-hybridized carbons (Fsp3) is 0. The molecule has 0 saturated carbocycles. The summed E-state index contributed by atoms with van der Waals surface area (Å²) in [4.78, 5) is 15.3. The molecule has 0 spiro atoms. The third kappa shape index (κ3) is 10.3. The fourth-order valence-electron chi connectivity index (χ4n) is 8.53. The molecule has 334 valence electrons. The highest BCUT2D eigenvalue weighted by Gasteiger charge is 2.17. The number of nitrogens with zero attached hydrogens (tertiary/aromatic N) is 5. The monoisotopic (exact) mass is 911 g/mol. The quantitative estimate of drug-likeness (QED) is 0.138. The summed E-state index contributed by atoms with van der Waals surface area (Å²) in [5.74, 6) is 1.83. The van der Waals surface area contributed by atoms with Gasteiger partial charge in [-0.05, 0) is 114 Å². The Kier molecular flexibility index (Phi) is 13.2. The molecule has 0 bridgehead atoms. The molecule has 0 saturated heterocycles. The lowest BCUT2D eigenvalue weighted by atomic mass is 9.80. The second-order valence-corrected chi connectivity index (χ2v) is 16.9. The second kappa shape index (κ2) is 20.7. The fourth-order valence-corrected chi connectivity index (χ4v) is 8.53. The van der Waals surface area contributed by atoms with Crippen molar-refractivity contribution in [2.45, 2.75) is 0 Å². The summed E-state index contributed by atoms with van der Waals surface area (Å²) < 4.78 is 0. The van der Waals surface area contributed by atoms with Gasteiger partial charge in [-0.1, -0.05) is 200 Å². The molecule has 0 radical (unpaired) electrons. The highest BCUT2D eigenvalue weighted by Crippen LogP contribution is 2.37. The molecule has 0 unspecified atom stereocenters. The van der Waals surface area contributed by atoms with E-state index in [4.69, 9.17) is 30.3 Å². The molecular formula is C63H42BN5O2. The normalized spacial score (nSPS) is 10.6. The maximum Gasteiger partial charge on any atom is 0.488 e. The van der Waals surface area contributed by atoms with E-state index in [1.165, 1.54) is 10.8 Å². The van der Waals surface area contributed by atoms with Gasteiger partial charge in [0.25, 0.3) is 0 Å². The molecule has 7 nitrogen and oxygen atoms in total. The minimum Gasteiger partial charge on any atom is -0.423 e. The maximum atomic E-state index is 9.26. The van der Waals surface area contributed by atoms with Gasteiger partial charge in [-0.3, -0.25) is 0 Å². The molecule has 0 aliphatic heterocycles. The van der Waals surface area contributed by atoms with Crippen LogP contribution in [0.3, 0.4) is 0 Å². The Morgan fingerprint density at radius 3 is 1.17 bits per heavy atom. The van der Waals surface area contributed by atoms with Gasteiger partial charge in [0.2, 0.25) is 0 Å². The molecular weight excluding hydrogens is 870 g/mol. The van der Waals surface area contributed by atoms with E-state index in [0.717, 1.165) is 72.3 Å². The van der Waals surface area contributed by atoms with Gasteiger partial charge in [-0.2, -0.15) is 10.5 Å². The molecule has 11 aromatic rings. The summed E-state index contributed by atoms with van der Waals surface area (Å²) in [6.07, 6.45) is 0. The summed E-state index contributed by atoms with van der Waals surface area (Å²) in [6.45, 7) is 0. The van der Waals surface area contributed by atoms with E-state index in [2.05, 4.69) is 146 Å². The number of fused-ring (bicyclic) bond motifs is 1.